The van der Waals surface area contributed by atoms with Crippen molar-refractivity contribution in [2.24, 2.45) is 0 Å². The van der Waals surface area contributed by atoms with E-state index in [9.17, 15) is 14.3 Å². The van der Waals surface area contributed by atoms with E-state index in [0.717, 1.165) is 17.1 Å². The number of carboxylic acids is 1. The number of aliphatic carboxylic acids is 1. The van der Waals surface area contributed by atoms with Gasteiger partial charge in [-0.25, -0.2) is 9.18 Å². The highest BCUT2D eigenvalue weighted by atomic mass is 19.1. The Labute approximate surface area is 220 Å². The molecule has 0 aliphatic rings. The van der Waals surface area contributed by atoms with E-state index in [-0.39, 0.29) is 5.82 Å². The number of anilines is 1. The normalized spacial score (nSPS) is 11.8. The summed E-state index contributed by atoms with van der Waals surface area (Å²) in [7, 11) is 1.62. The third kappa shape index (κ3) is 7.15. The molecule has 3 aromatic carbocycles. The summed E-state index contributed by atoms with van der Waals surface area (Å²) in [5.74, 6) is 0.652. The Bertz CT molecular complexity index is 1340. The van der Waals surface area contributed by atoms with E-state index in [0.29, 0.717) is 61.8 Å². The van der Waals surface area contributed by atoms with Crippen LogP contribution in [0.3, 0.4) is 0 Å². The van der Waals surface area contributed by atoms with Crippen molar-refractivity contribution >= 4 is 23.1 Å². The van der Waals surface area contributed by atoms with Crippen molar-refractivity contribution in [3.63, 3.8) is 0 Å². The van der Waals surface area contributed by atoms with Crippen LogP contribution < -0.4 is 19.1 Å². The average molecular weight is 523 g/mol. The van der Waals surface area contributed by atoms with Crippen LogP contribution in [0.4, 0.5) is 10.4 Å². The molecule has 4 rings (SSSR count). The summed E-state index contributed by atoms with van der Waals surface area (Å²) >= 11 is 0. The Morgan fingerprint density at radius 1 is 1.05 bits per heavy atom. The van der Waals surface area contributed by atoms with Gasteiger partial charge in [0.05, 0.1) is 13.7 Å². The number of carbonyl (C=O) groups is 1. The highest BCUT2D eigenvalue weighted by Gasteiger charge is 2.18. The first-order chi connectivity index (χ1) is 18.4. The van der Waals surface area contributed by atoms with Crippen molar-refractivity contribution in [1.82, 2.24) is 4.98 Å². The molecule has 1 aromatic heterocycles. The van der Waals surface area contributed by atoms with Gasteiger partial charge in [0, 0.05) is 19.2 Å². The van der Waals surface area contributed by atoms with Gasteiger partial charge in [0.25, 0.3) is 6.01 Å². The van der Waals surface area contributed by atoms with Crippen molar-refractivity contribution < 1.29 is 32.9 Å². The predicted octanol–water partition coefficient (Wildman–Crippen LogP) is 5.74. The van der Waals surface area contributed by atoms with E-state index in [1.807, 2.05) is 47.4 Å². The highest BCUT2D eigenvalue weighted by molar-refractivity contribution is 5.74. The summed E-state index contributed by atoms with van der Waals surface area (Å²) in [4.78, 5) is 17.8. The van der Waals surface area contributed by atoms with E-state index in [4.69, 9.17) is 18.6 Å². The molecule has 38 heavy (non-hydrogen) atoms. The summed E-state index contributed by atoms with van der Waals surface area (Å²) < 4.78 is 36.3. The van der Waals surface area contributed by atoms with Crippen LogP contribution in [0.25, 0.3) is 11.1 Å². The fourth-order valence-electron chi connectivity index (χ4n) is 3.96. The lowest BCUT2D eigenvalue weighted by Crippen LogP contribution is -2.28. The van der Waals surface area contributed by atoms with E-state index in [1.165, 1.54) is 12.1 Å². The molecule has 1 atom stereocenters. The Hall–Kier alpha value is -4.27. The minimum absolute atomic E-state index is 0.365. The Morgan fingerprint density at radius 2 is 1.84 bits per heavy atom. The topological polar surface area (TPSA) is 94.3 Å². The van der Waals surface area contributed by atoms with Gasteiger partial charge in [-0.15, -0.1) is 0 Å². The standard InChI is InChI=1S/C29H31FN2O6/c1-3-26(28(33)34)37-24-7-4-6-20(18-24)14-16-32(29-31-25-19-21(30)8-13-27(25)38-29)15-5-17-36-23-11-9-22(35-2)10-12-23/h4,6-13,18-19,26H,3,5,14-17H2,1-2H3,(H,33,34). The van der Waals surface area contributed by atoms with E-state index in [2.05, 4.69) is 4.98 Å². The predicted molar refractivity (Wildman–Crippen MR) is 142 cm³/mol. The third-order valence-corrected chi connectivity index (χ3v) is 6.00. The van der Waals surface area contributed by atoms with Crippen molar-refractivity contribution in [3.05, 3.63) is 78.1 Å². The van der Waals surface area contributed by atoms with Gasteiger partial charge in [0.15, 0.2) is 11.7 Å². The third-order valence-electron chi connectivity index (χ3n) is 6.00. The van der Waals surface area contributed by atoms with Gasteiger partial charge < -0.3 is 28.6 Å². The molecule has 0 saturated heterocycles. The molecule has 0 radical (unpaired) electrons. The highest BCUT2D eigenvalue weighted by Crippen LogP contribution is 2.24. The van der Waals surface area contributed by atoms with Crippen LogP contribution >= 0.6 is 0 Å². The lowest BCUT2D eigenvalue weighted by molar-refractivity contribution is -0.145. The first kappa shape index (κ1) is 26.8. The molecule has 1 heterocycles. The first-order valence-corrected chi connectivity index (χ1v) is 12.5. The Kier molecular flexibility index (Phi) is 9.02. The van der Waals surface area contributed by atoms with Crippen LogP contribution in [0.5, 0.6) is 17.2 Å². The second-order valence-corrected chi connectivity index (χ2v) is 8.72. The molecule has 0 aliphatic heterocycles. The number of fused-ring (bicyclic) bond motifs is 1. The molecule has 200 valence electrons. The maximum absolute atomic E-state index is 13.7. The number of rotatable bonds is 14. The molecule has 0 bridgehead atoms. The lowest BCUT2D eigenvalue weighted by Gasteiger charge is -2.21. The summed E-state index contributed by atoms with van der Waals surface area (Å²) in [5.41, 5.74) is 1.94. The van der Waals surface area contributed by atoms with Gasteiger partial charge in [-0.3, -0.25) is 0 Å². The zero-order valence-corrected chi connectivity index (χ0v) is 21.4. The van der Waals surface area contributed by atoms with E-state index in [1.54, 1.807) is 26.2 Å². The van der Waals surface area contributed by atoms with Crippen molar-refractivity contribution in [2.75, 3.05) is 31.7 Å². The molecular formula is C29H31FN2O6. The van der Waals surface area contributed by atoms with Gasteiger partial charge in [0.1, 0.15) is 28.6 Å². The number of nitrogens with zero attached hydrogens (tertiary/aromatic N) is 2. The second-order valence-electron chi connectivity index (χ2n) is 8.72. The average Bonchev–Trinajstić information content (AvgIpc) is 3.34. The summed E-state index contributed by atoms with van der Waals surface area (Å²) in [6.07, 6.45) is 0.796. The van der Waals surface area contributed by atoms with Crippen LogP contribution in [0.15, 0.2) is 71.1 Å². The molecule has 1 N–H and O–H groups in total. The molecule has 0 saturated carbocycles. The van der Waals surface area contributed by atoms with Crippen molar-refractivity contribution in [1.29, 1.82) is 0 Å². The first-order valence-electron chi connectivity index (χ1n) is 12.5. The fourth-order valence-corrected chi connectivity index (χ4v) is 3.96. The molecule has 0 fully saturated rings. The number of aromatic nitrogens is 1. The van der Waals surface area contributed by atoms with Gasteiger partial charge in [-0.05, 0) is 73.4 Å². The maximum Gasteiger partial charge on any atom is 0.344 e. The number of hydrogen-bond acceptors (Lipinski definition) is 7. The van der Waals surface area contributed by atoms with Crippen LogP contribution in [0.2, 0.25) is 0 Å². The number of halogens is 1. The largest absolute Gasteiger partial charge is 0.497 e. The van der Waals surface area contributed by atoms with Crippen LogP contribution in [0, 0.1) is 5.82 Å². The number of oxazole rings is 1. The molecular weight excluding hydrogens is 491 g/mol. The van der Waals surface area contributed by atoms with Gasteiger partial charge >= 0.3 is 5.97 Å². The zero-order valence-electron chi connectivity index (χ0n) is 21.4. The maximum atomic E-state index is 13.7. The van der Waals surface area contributed by atoms with Crippen molar-refractivity contribution in [3.8, 4) is 17.2 Å². The number of methoxy groups -OCH3 is 1. The van der Waals surface area contributed by atoms with Gasteiger partial charge in [-0.2, -0.15) is 4.98 Å². The monoisotopic (exact) mass is 522 g/mol. The number of carboxylic acid groups (broad SMARTS) is 1. The summed E-state index contributed by atoms with van der Waals surface area (Å²) in [5, 5.41) is 9.29. The summed E-state index contributed by atoms with van der Waals surface area (Å²) in [6.45, 7) is 3.41. The number of hydrogen-bond donors (Lipinski definition) is 1. The Balaban J connectivity index is 1.43. The molecule has 0 aliphatic carbocycles. The van der Waals surface area contributed by atoms with Crippen LogP contribution in [-0.2, 0) is 11.2 Å². The smallest absolute Gasteiger partial charge is 0.344 e. The fraction of sp³-hybridized carbons (Fsp3) is 0.310. The van der Waals surface area contributed by atoms with E-state index < -0.39 is 12.1 Å². The quantitative estimate of drug-likeness (QED) is 0.210. The minimum atomic E-state index is -0.992. The van der Waals surface area contributed by atoms with Crippen molar-refractivity contribution in [2.45, 2.75) is 32.3 Å². The number of ether oxygens (including phenoxy) is 3. The summed E-state index contributed by atoms with van der Waals surface area (Å²) in [6, 6.07) is 19.5. The van der Waals surface area contributed by atoms with Gasteiger partial charge in [-0.1, -0.05) is 19.1 Å². The number of benzene rings is 3. The lowest BCUT2D eigenvalue weighted by atomic mass is 10.1. The Morgan fingerprint density at radius 3 is 2.58 bits per heavy atom. The molecule has 4 aromatic rings. The molecule has 8 nitrogen and oxygen atoms in total. The molecule has 9 heteroatoms. The molecule has 0 amide bonds. The zero-order chi connectivity index (χ0) is 26.9. The van der Waals surface area contributed by atoms with E-state index >= 15 is 0 Å². The molecule has 0 spiro atoms. The SMILES string of the molecule is CCC(Oc1cccc(CCN(CCCOc2ccc(OC)cc2)c2nc3cc(F)ccc3o2)c1)C(=O)O. The van der Waals surface area contributed by atoms with Crippen LogP contribution in [0.1, 0.15) is 25.3 Å². The van der Waals surface area contributed by atoms with Gasteiger partial charge in [0.2, 0.25) is 0 Å². The second kappa shape index (κ2) is 12.8. The van der Waals surface area contributed by atoms with Crippen LogP contribution in [-0.4, -0.2) is 49.0 Å². The molecule has 1 unspecified atom stereocenters. The minimum Gasteiger partial charge on any atom is -0.497 e.